The monoisotopic (exact) mass is 408 g/mol. The van der Waals surface area contributed by atoms with E-state index in [0.717, 1.165) is 28.2 Å². The second-order valence-electron chi connectivity index (χ2n) is 7.47. The van der Waals surface area contributed by atoms with Crippen LogP contribution in [0.1, 0.15) is 15.9 Å². The van der Waals surface area contributed by atoms with Crippen LogP contribution in [-0.4, -0.2) is 28.6 Å². The first-order valence-electron chi connectivity index (χ1n) is 10.0. The predicted octanol–water partition coefficient (Wildman–Crippen LogP) is 4.31. The summed E-state index contributed by atoms with van der Waals surface area (Å²) in [6.45, 7) is 0. The molecule has 0 bridgehead atoms. The highest BCUT2D eigenvalue weighted by molar-refractivity contribution is 6.06. The van der Waals surface area contributed by atoms with E-state index in [9.17, 15) is 9.59 Å². The third kappa shape index (κ3) is 3.48. The number of hydrogen-bond acceptors (Lipinski definition) is 3. The number of fused-ring (bicyclic) bond motifs is 1. The number of nitrogens with one attached hydrogen (secondary N) is 1. The molecule has 152 valence electrons. The van der Waals surface area contributed by atoms with Gasteiger partial charge in [0.1, 0.15) is 0 Å². The van der Waals surface area contributed by atoms with Crippen molar-refractivity contribution in [2.24, 2.45) is 0 Å². The van der Waals surface area contributed by atoms with Crippen molar-refractivity contribution in [2.75, 3.05) is 17.3 Å². The summed E-state index contributed by atoms with van der Waals surface area (Å²) in [6.07, 6.45) is 2.10. The molecule has 4 aromatic rings. The minimum atomic E-state index is -0.215. The molecule has 1 aromatic heterocycles. The molecule has 2 heterocycles. The van der Waals surface area contributed by atoms with Crippen molar-refractivity contribution in [2.45, 2.75) is 6.42 Å². The van der Waals surface area contributed by atoms with E-state index in [1.807, 2.05) is 77.5 Å². The predicted molar refractivity (Wildman–Crippen MR) is 121 cm³/mol. The number of hydrogen-bond donors (Lipinski definition) is 1. The van der Waals surface area contributed by atoms with Crippen molar-refractivity contribution in [3.05, 3.63) is 96.2 Å². The molecule has 0 saturated carbocycles. The SMILES string of the molecule is CN1C(=O)Cc2cc(NC(=O)c3cccc(-n4nccc4-c4ccccc4)c3)ccc21. The summed E-state index contributed by atoms with van der Waals surface area (Å²) in [5.41, 5.74) is 5.80. The minimum absolute atomic E-state index is 0.0552. The van der Waals surface area contributed by atoms with Gasteiger partial charge in [-0.3, -0.25) is 9.59 Å². The number of likely N-dealkylation sites (N-methyl/N-ethyl adjacent to an activating group) is 1. The summed E-state index contributed by atoms with van der Waals surface area (Å²) < 4.78 is 1.82. The van der Waals surface area contributed by atoms with E-state index in [0.29, 0.717) is 17.7 Å². The molecule has 0 unspecified atom stereocenters. The van der Waals surface area contributed by atoms with Crippen LogP contribution in [0.15, 0.2) is 85.1 Å². The fraction of sp³-hybridized carbons (Fsp3) is 0.0800. The average Bonchev–Trinajstić information content (AvgIpc) is 3.39. The number of amides is 2. The molecule has 6 heteroatoms. The van der Waals surface area contributed by atoms with Gasteiger partial charge in [-0.1, -0.05) is 36.4 Å². The summed E-state index contributed by atoms with van der Waals surface area (Å²) in [7, 11) is 1.76. The van der Waals surface area contributed by atoms with E-state index in [-0.39, 0.29) is 11.8 Å². The molecule has 0 aliphatic carbocycles. The van der Waals surface area contributed by atoms with Crippen LogP contribution in [0.2, 0.25) is 0 Å². The zero-order valence-electron chi connectivity index (χ0n) is 16.9. The quantitative estimate of drug-likeness (QED) is 0.547. The summed E-state index contributed by atoms with van der Waals surface area (Å²) in [4.78, 5) is 26.4. The van der Waals surface area contributed by atoms with Crippen molar-refractivity contribution in [3.63, 3.8) is 0 Å². The Morgan fingerprint density at radius 2 is 1.81 bits per heavy atom. The van der Waals surface area contributed by atoms with E-state index in [2.05, 4.69) is 10.4 Å². The molecule has 31 heavy (non-hydrogen) atoms. The van der Waals surface area contributed by atoms with E-state index in [4.69, 9.17) is 0 Å². The lowest BCUT2D eigenvalue weighted by molar-refractivity contribution is -0.117. The van der Waals surface area contributed by atoms with Gasteiger partial charge in [-0.05, 0) is 48.0 Å². The average molecular weight is 408 g/mol. The van der Waals surface area contributed by atoms with Crippen LogP contribution in [0.25, 0.3) is 16.9 Å². The van der Waals surface area contributed by atoms with Gasteiger partial charge >= 0.3 is 0 Å². The highest BCUT2D eigenvalue weighted by Crippen LogP contribution is 2.30. The maximum absolute atomic E-state index is 12.9. The Labute approximate surface area is 179 Å². The zero-order valence-corrected chi connectivity index (χ0v) is 16.9. The molecule has 1 N–H and O–H groups in total. The molecule has 0 radical (unpaired) electrons. The highest BCUT2D eigenvalue weighted by Gasteiger charge is 2.24. The van der Waals surface area contributed by atoms with Crippen LogP contribution in [-0.2, 0) is 11.2 Å². The van der Waals surface area contributed by atoms with Gasteiger partial charge in [-0.15, -0.1) is 0 Å². The Hall–Kier alpha value is -4.19. The smallest absolute Gasteiger partial charge is 0.255 e. The van der Waals surface area contributed by atoms with Gasteiger partial charge in [0.25, 0.3) is 5.91 Å². The number of carbonyl (C=O) groups excluding carboxylic acids is 2. The third-order valence-corrected chi connectivity index (χ3v) is 5.48. The first-order valence-corrected chi connectivity index (χ1v) is 10.0. The van der Waals surface area contributed by atoms with Crippen molar-refractivity contribution in [3.8, 4) is 16.9 Å². The van der Waals surface area contributed by atoms with Gasteiger partial charge in [0.05, 0.1) is 24.0 Å². The number of anilines is 2. The number of nitrogens with zero attached hydrogens (tertiary/aromatic N) is 3. The van der Waals surface area contributed by atoms with Crippen molar-refractivity contribution < 1.29 is 9.59 Å². The minimum Gasteiger partial charge on any atom is -0.322 e. The lowest BCUT2D eigenvalue weighted by Crippen LogP contribution is -2.20. The van der Waals surface area contributed by atoms with Gasteiger partial charge in [0, 0.05) is 29.5 Å². The number of rotatable bonds is 4. The molecule has 2 amide bonds. The molecular weight excluding hydrogens is 388 g/mol. The lowest BCUT2D eigenvalue weighted by atomic mass is 10.1. The van der Waals surface area contributed by atoms with Gasteiger partial charge in [-0.25, -0.2) is 4.68 Å². The summed E-state index contributed by atoms with van der Waals surface area (Å²) in [5.74, 6) is -0.160. The molecule has 0 saturated heterocycles. The van der Waals surface area contributed by atoms with E-state index < -0.39 is 0 Å². The normalized spacial score (nSPS) is 12.7. The largest absolute Gasteiger partial charge is 0.322 e. The van der Waals surface area contributed by atoms with Gasteiger partial charge in [0.15, 0.2) is 0 Å². The number of aromatic nitrogens is 2. The van der Waals surface area contributed by atoms with Gasteiger partial charge < -0.3 is 10.2 Å². The number of benzene rings is 3. The van der Waals surface area contributed by atoms with Crippen LogP contribution in [0, 0.1) is 0 Å². The molecule has 1 aliphatic rings. The molecule has 0 spiro atoms. The summed E-state index contributed by atoms with van der Waals surface area (Å²) >= 11 is 0. The Balaban J connectivity index is 1.41. The third-order valence-electron chi connectivity index (χ3n) is 5.48. The van der Waals surface area contributed by atoms with Gasteiger partial charge in [-0.2, -0.15) is 5.10 Å². The fourth-order valence-electron chi connectivity index (χ4n) is 3.87. The second kappa shape index (κ2) is 7.57. The highest BCUT2D eigenvalue weighted by atomic mass is 16.2. The lowest BCUT2D eigenvalue weighted by Gasteiger charge is -2.12. The molecule has 3 aromatic carbocycles. The van der Waals surface area contributed by atoms with E-state index >= 15 is 0 Å². The molecule has 6 nitrogen and oxygen atoms in total. The second-order valence-corrected chi connectivity index (χ2v) is 7.47. The van der Waals surface area contributed by atoms with Crippen LogP contribution in [0.4, 0.5) is 11.4 Å². The maximum Gasteiger partial charge on any atom is 0.255 e. The molecule has 0 fully saturated rings. The Morgan fingerprint density at radius 1 is 0.968 bits per heavy atom. The number of carbonyl (C=O) groups is 2. The molecule has 1 aliphatic heterocycles. The van der Waals surface area contributed by atoms with Gasteiger partial charge in [0.2, 0.25) is 5.91 Å². The first-order chi connectivity index (χ1) is 15.1. The van der Waals surface area contributed by atoms with Crippen molar-refractivity contribution >= 4 is 23.2 Å². The van der Waals surface area contributed by atoms with Crippen LogP contribution in [0.3, 0.4) is 0 Å². The summed E-state index contributed by atoms with van der Waals surface area (Å²) in [6, 6.07) is 24.8. The summed E-state index contributed by atoms with van der Waals surface area (Å²) in [5, 5.41) is 7.39. The topological polar surface area (TPSA) is 67.2 Å². The molecular formula is C25H20N4O2. The molecule has 0 atom stereocenters. The Bertz CT molecular complexity index is 1290. The Morgan fingerprint density at radius 3 is 2.65 bits per heavy atom. The first kappa shape index (κ1) is 18.8. The maximum atomic E-state index is 12.9. The van der Waals surface area contributed by atoms with E-state index in [1.165, 1.54) is 0 Å². The zero-order chi connectivity index (χ0) is 21.4. The van der Waals surface area contributed by atoms with Crippen LogP contribution in [0.5, 0.6) is 0 Å². The van der Waals surface area contributed by atoms with E-state index in [1.54, 1.807) is 24.2 Å². The standard InChI is InChI=1S/C25H20N4O2/c1-28-22-11-10-20(14-19(22)16-24(28)30)27-25(31)18-8-5-9-21(15-18)29-23(12-13-26-29)17-6-3-2-4-7-17/h2-15H,16H2,1H3,(H,27,31). The van der Waals surface area contributed by atoms with Crippen LogP contribution >= 0.6 is 0 Å². The Kier molecular flexibility index (Phi) is 4.59. The van der Waals surface area contributed by atoms with Crippen molar-refractivity contribution in [1.29, 1.82) is 0 Å². The molecule has 5 rings (SSSR count). The van der Waals surface area contributed by atoms with Crippen molar-refractivity contribution in [1.82, 2.24) is 9.78 Å². The fourth-order valence-corrected chi connectivity index (χ4v) is 3.87. The van der Waals surface area contributed by atoms with Crippen LogP contribution < -0.4 is 10.2 Å².